The van der Waals surface area contributed by atoms with E-state index in [2.05, 4.69) is 5.32 Å². The molecule has 0 aliphatic carbocycles. The van der Waals surface area contributed by atoms with Crippen LogP contribution in [0.2, 0.25) is 0 Å². The van der Waals surface area contributed by atoms with Gasteiger partial charge in [0.25, 0.3) is 0 Å². The van der Waals surface area contributed by atoms with Gasteiger partial charge in [-0.05, 0) is 6.92 Å². The third-order valence-electron chi connectivity index (χ3n) is 1.02. The first-order chi connectivity index (χ1) is 4.66. The first-order valence-electron chi connectivity index (χ1n) is 3.11. The summed E-state index contributed by atoms with van der Waals surface area (Å²) < 4.78 is 4.78. The van der Waals surface area contributed by atoms with Gasteiger partial charge < -0.3 is 15.2 Å². The Balaban J connectivity index is 3.21. The Morgan fingerprint density at radius 2 is 2.40 bits per heavy atom. The van der Waals surface area contributed by atoms with Crippen LogP contribution >= 0.6 is 0 Å². The molecule has 2 N–H and O–H groups in total. The van der Waals surface area contributed by atoms with Crippen LogP contribution in [-0.4, -0.2) is 37.4 Å². The summed E-state index contributed by atoms with van der Waals surface area (Å²) in [6.07, 6.45) is 0. The molecule has 0 saturated heterocycles. The van der Waals surface area contributed by atoms with Gasteiger partial charge in [-0.3, -0.25) is 4.79 Å². The van der Waals surface area contributed by atoms with E-state index >= 15 is 0 Å². The Labute approximate surface area is 60.2 Å². The molecule has 0 aromatic carbocycles. The van der Waals surface area contributed by atoms with Gasteiger partial charge in [0.05, 0.1) is 13.2 Å². The van der Waals surface area contributed by atoms with Crippen molar-refractivity contribution in [1.82, 2.24) is 5.32 Å². The highest BCUT2D eigenvalue weighted by atomic mass is 16.5. The zero-order chi connectivity index (χ0) is 7.98. The fraction of sp³-hybridized carbons (Fsp3) is 0.833. The number of carboxylic acid groups (broad SMARTS) is 1. The van der Waals surface area contributed by atoms with Crippen LogP contribution in [0.25, 0.3) is 0 Å². The van der Waals surface area contributed by atoms with Crippen LogP contribution in [0.1, 0.15) is 6.92 Å². The quantitative estimate of drug-likeness (QED) is 0.560. The normalized spacial score (nSPS) is 13.0. The van der Waals surface area contributed by atoms with Gasteiger partial charge in [-0.2, -0.15) is 0 Å². The van der Waals surface area contributed by atoms with Crippen molar-refractivity contribution in [3.63, 3.8) is 0 Å². The number of ether oxygens (including phenoxy) is 1. The molecule has 0 saturated carbocycles. The van der Waals surface area contributed by atoms with Crippen LogP contribution in [0.4, 0.5) is 0 Å². The van der Waals surface area contributed by atoms with E-state index in [0.717, 1.165) is 0 Å². The van der Waals surface area contributed by atoms with E-state index in [1.165, 1.54) is 0 Å². The van der Waals surface area contributed by atoms with E-state index in [-0.39, 0.29) is 12.6 Å². The molecule has 0 heterocycles. The third kappa shape index (κ3) is 5.53. The number of methoxy groups -OCH3 is 1. The van der Waals surface area contributed by atoms with Gasteiger partial charge in [-0.25, -0.2) is 0 Å². The fourth-order valence-corrected chi connectivity index (χ4v) is 0.570. The second kappa shape index (κ2) is 5.20. The lowest BCUT2D eigenvalue weighted by molar-refractivity contribution is -0.136. The maximum atomic E-state index is 10.0. The van der Waals surface area contributed by atoms with Crippen LogP contribution in [0.5, 0.6) is 0 Å². The lowest BCUT2D eigenvalue weighted by atomic mass is 10.3. The van der Waals surface area contributed by atoms with E-state index in [0.29, 0.717) is 6.61 Å². The van der Waals surface area contributed by atoms with E-state index in [4.69, 9.17) is 9.84 Å². The van der Waals surface area contributed by atoms with Crippen LogP contribution in [0.15, 0.2) is 0 Å². The standard InChI is InChI=1S/C6H13NO3/c1-5(4-10-2)7-3-6(8)9/h5,7H,3-4H2,1-2H3,(H,8,9)/t5-/m1/s1. The van der Waals surface area contributed by atoms with E-state index < -0.39 is 5.97 Å². The van der Waals surface area contributed by atoms with Gasteiger partial charge in [0.1, 0.15) is 0 Å². The maximum Gasteiger partial charge on any atom is 0.317 e. The summed E-state index contributed by atoms with van der Waals surface area (Å²) in [6, 6.07) is 0.0982. The summed E-state index contributed by atoms with van der Waals surface area (Å²) in [5.41, 5.74) is 0. The zero-order valence-electron chi connectivity index (χ0n) is 6.26. The average Bonchev–Trinajstić information content (AvgIpc) is 1.85. The summed E-state index contributed by atoms with van der Waals surface area (Å²) in [5, 5.41) is 11.0. The molecule has 60 valence electrons. The fourth-order valence-electron chi connectivity index (χ4n) is 0.570. The van der Waals surface area contributed by atoms with Crippen molar-refractivity contribution < 1.29 is 14.6 Å². The Morgan fingerprint density at radius 3 is 2.80 bits per heavy atom. The first-order valence-corrected chi connectivity index (χ1v) is 3.11. The average molecular weight is 147 g/mol. The SMILES string of the molecule is COC[C@@H](C)NCC(=O)O. The summed E-state index contributed by atoms with van der Waals surface area (Å²) in [7, 11) is 1.58. The Hall–Kier alpha value is -0.610. The van der Waals surface area contributed by atoms with Crippen molar-refractivity contribution in [3.05, 3.63) is 0 Å². The van der Waals surface area contributed by atoms with Gasteiger partial charge in [-0.15, -0.1) is 0 Å². The van der Waals surface area contributed by atoms with Crippen molar-refractivity contribution in [3.8, 4) is 0 Å². The second-order valence-electron chi connectivity index (χ2n) is 2.13. The predicted molar refractivity (Wildman–Crippen MR) is 37.0 cm³/mol. The molecule has 0 unspecified atom stereocenters. The lowest BCUT2D eigenvalue weighted by Crippen LogP contribution is -2.34. The number of rotatable bonds is 5. The van der Waals surface area contributed by atoms with Crippen molar-refractivity contribution in [1.29, 1.82) is 0 Å². The summed E-state index contributed by atoms with van der Waals surface area (Å²) >= 11 is 0. The highest BCUT2D eigenvalue weighted by Crippen LogP contribution is 1.79. The van der Waals surface area contributed by atoms with Crippen LogP contribution in [-0.2, 0) is 9.53 Å². The molecular formula is C6H13NO3. The summed E-state index contributed by atoms with van der Waals surface area (Å²) in [5.74, 6) is -0.844. The van der Waals surface area contributed by atoms with E-state index in [1.54, 1.807) is 7.11 Å². The van der Waals surface area contributed by atoms with Crippen LogP contribution in [0, 0.1) is 0 Å². The Kier molecular flexibility index (Phi) is 4.88. The van der Waals surface area contributed by atoms with Crippen LogP contribution in [0.3, 0.4) is 0 Å². The van der Waals surface area contributed by atoms with Crippen molar-refractivity contribution in [2.24, 2.45) is 0 Å². The Bertz CT molecular complexity index is 105. The molecule has 10 heavy (non-hydrogen) atoms. The number of nitrogens with one attached hydrogen (secondary N) is 1. The molecule has 0 aliphatic heterocycles. The lowest BCUT2D eigenvalue weighted by Gasteiger charge is -2.09. The van der Waals surface area contributed by atoms with E-state index in [9.17, 15) is 4.79 Å². The minimum atomic E-state index is -0.844. The summed E-state index contributed by atoms with van der Waals surface area (Å²) in [4.78, 5) is 10.0. The van der Waals surface area contributed by atoms with Crippen molar-refractivity contribution in [2.45, 2.75) is 13.0 Å². The minimum Gasteiger partial charge on any atom is -0.480 e. The molecule has 0 aromatic rings. The van der Waals surface area contributed by atoms with Gasteiger partial charge in [0.15, 0.2) is 0 Å². The van der Waals surface area contributed by atoms with E-state index in [1.807, 2.05) is 6.92 Å². The molecule has 0 spiro atoms. The number of aliphatic carboxylic acids is 1. The number of carbonyl (C=O) groups is 1. The molecule has 0 radical (unpaired) electrons. The third-order valence-corrected chi connectivity index (χ3v) is 1.02. The molecule has 0 aliphatic rings. The molecule has 0 aromatic heterocycles. The largest absolute Gasteiger partial charge is 0.480 e. The topological polar surface area (TPSA) is 58.6 Å². The Morgan fingerprint density at radius 1 is 1.80 bits per heavy atom. The molecular weight excluding hydrogens is 134 g/mol. The molecule has 1 atom stereocenters. The maximum absolute atomic E-state index is 10.0. The van der Waals surface area contributed by atoms with Crippen molar-refractivity contribution in [2.75, 3.05) is 20.3 Å². The minimum absolute atomic E-state index is 0.00940. The van der Waals surface area contributed by atoms with Gasteiger partial charge >= 0.3 is 5.97 Å². The van der Waals surface area contributed by atoms with Gasteiger partial charge in [0.2, 0.25) is 0 Å². The second-order valence-corrected chi connectivity index (χ2v) is 2.13. The summed E-state index contributed by atoms with van der Waals surface area (Å²) in [6.45, 7) is 2.39. The number of carboxylic acids is 1. The van der Waals surface area contributed by atoms with Crippen molar-refractivity contribution >= 4 is 5.97 Å². The smallest absolute Gasteiger partial charge is 0.317 e. The first kappa shape index (κ1) is 9.39. The van der Waals surface area contributed by atoms with Crippen LogP contribution < -0.4 is 5.32 Å². The molecule has 4 nitrogen and oxygen atoms in total. The monoisotopic (exact) mass is 147 g/mol. The zero-order valence-corrected chi connectivity index (χ0v) is 6.26. The number of hydrogen-bond donors (Lipinski definition) is 2. The molecule has 4 heteroatoms. The highest BCUT2D eigenvalue weighted by Gasteiger charge is 2.01. The van der Waals surface area contributed by atoms with Gasteiger partial charge in [0, 0.05) is 13.2 Å². The predicted octanol–water partition coefficient (Wildman–Crippen LogP) is -0.305. The molecule has 0 rings (SSSR count). The highest BCUT2D eigenvalue weighted by molar-refractivity contribution is 5.69. The molecule has 0 fully saturated rings. The number of hydrogen-bond acceptors (Lipinski definition) is 3. The van der Waals surface area contributed by atoms with Gasteiger partial charge in [-0.1, -0.05) is 0 Å². The molecule has 0 amide bonds. The molecule has 0 bridgehead atoms.